The Morgan fingerprint density at radius 3 is 2.65 bits per heavy atom. The summed E-state index contributed by atoms with van der Waals surface area (Å²) in [6, 6.07) is 0. The molecule has 1 unspecified atom stereocenters. The van der Waals surface area contributed by atoms with Gasteiger partial charge in [-0.25, -0.2) is 0 Å². The summed E-state index contributed by atoms with van der Waals surface area (Å²) in [5, 5.41) is 0. The van der Waals surface area contributed by atoms with Crippen molar-refractivity contribution in [3.05, 3.63) is 0 Å². The lowest BCUT2D eigenvalue weighted by Crippen LogP contribution is -2.44. The molecule has 17 heavy (non-hydrogen) atoms. The van der Waals surface area contributed by atoms with Crippen LogP contribution in [0.4, 0.5) is 0 Å². The average molecular weight is 256 g/mol. The van der Waals surface area contributed by atoms with Crippen LogP contribution in [0.25, 0.3) is 0 Å². The number of rotatable bonds is 4. The summed E-state index contributed by atoms with van der Waals surface area (Å²) in [5.41, 5.74) is 5.46. The Kier molecular flexibility index (Phi) is 3.66. The third kappa shape index (κ3) is 2.94. The van der Waals surface area contributed by atoms with E-state index in [1.54, 1.807) is 0 Å². The average Bonchev–Trinajstić information content (AvgIpc) is 3.09. The second-order valence-corrected chi connectivity index (χ2v) is 5.73. The number of amides is 2. The zero-order valence-electron chi connectivity index (χ0n) is 10.0. The van der Waals surface area contributed by atoms with Gasteiger partial charge in [0, 0.05) is 19.5 Å². The Hall–Kier alpha value is -0.710. The van der Waals surface area contributed by atoms with E-state index in [1.807, 2.05) is 4.90 Å². The van der Waals surface area contributed by atoms with Gasteiger partial charge in [0.1, 0.15) is 0 Å². The quantitative estimate of drug-likeness (QED) is 0.731. The summed E-state index contributed by atoms with van der Waals surface area (Å²) in [5.74, 6) is 0.519. The van der Waals surface area contributed by atoms with E-state index in [-0.39, 0.29) is 23.1 Å². The Balaban J connectivity index is 1.88. The maximum absolute atomic E-state index is 12.1. The molecule has 2 rings (SSSR count). The zero-order valence-corrected chi connectivity index (χ0v) is 10.9. The van der Waals surface area contributed by atoms with Crippen molar-refractivity contribution in [1.82, 2.24) is 4.90 Å². The van der Waals surface area contributed by atoms with Gasteiger partial charge in [-0.3, -0.25) is 9.59 Å². The molecule has 1 saturated heterocycles. The lowest BCUT2D eigenvalue weighted by atomic mass is 9.96. The Bertz CT molecular complexity index is 328. The van der Waals surface area contributed by atoms with Gasteiger partial charge in [-0.15, -0.1) is 0 Å². The molecular formula is C12H20N2O2S. The largest absolute Gasteiger partial charge is 0.369 e. The van der Waals surface area contributed by atoms with Crippen LogP contribution in [0.2, 0.25) is 0 Å². The van der Waals surface area contributed by atoms with Crippen molar-refractivity contribution in [2.75, 3.05) is 18.8 Å². The van der Waals surface area contributed by atoms with Gasteiger partial charge in [0.05, 0.1) is 5.92 Å². The molecule has 1 aliphatic heterocycles. The highest BCUT2D eigenvalue weighted by molar-refractivity contribution is 7.80. The SMILES string of the molecule is NC(=O)C1CCCN(C(=O)CC2(CS)CC2)C1. The molecule has 0 aromatic heterocycles. The third-order valence-electron chi connectivity index (χ3n) is 4.00. The number of thiol groups is 1. The van der Waals surface area contributed by atoms with E-state index in [2.05, 4.69) is 12.6 Å². The third-order valence-corrected chi connectivity index (χ3v) is 4.67. The fourth-order valence-electron chi connectivity index (χ4n) is 2.44. The first-order valence-electron chi connectivity index (χ1n) is 6.24. The Morgan fingerprint density at radius 2 is 2.12 bits per heavy atom. The molecule has 96 valence electrons. The number of nitrogens with two attached hydrogens (primary N) is 1. The van der Waals surface area contributed by atoms with Crippen molar-refractivity contribution in [2.24, 2.45) is 17.1 Å². The van der Waals surface area contributed by atoms with Crippen LogP contribution in [0.5, 0.6) is 0 Å². The molecular weight excluding hydrogens is 236 g/mol. The number of hydrogen-bond acceptors (Lipinski definition) is 3. The van der Waals surface area contributed by atoms with Gasteiger partial charge in [0.25, 0.3) is 0 Å². The van der Waals surface area contributed by atoms with E-state index in [4.69, 9.17) is 5.73 Å². The lowest BCUT2D eigenvalue weighted by Gasteiger charge is -2.32. The summed E-state index contributed by atoms with van der Waals surface area (Å²) >= 11 is 4.31. The van der Waals surface area contributed by atoms with E-state index in [9.17, 15) is 9.59 Å². The second-order valence-electron chi connectivity index (χ2n) is 5.42. The Morgan fingerprint density at radius 1 is 1.41 bits per heavy atom. The van der Waals surface area contributed by atoms with E-state index in [0.717, 1.165) is 38.0 Å². The monoisotopic (exact) mass is 256 g/mol. The number of nitrogens with zero attached hydrogens (tertiary/aromatic N) is 1. The van der Waals surface area contributed by atoms with E-state index in [1.165, 1.54) is 0 Å². The number of carbonyl (C=O) groups excluding carboxylic acids is 2. The smallest absolute Gasteiger partial charge is 0.223 e. The van der Waals surface area contributed by atoms with Gasteiger partial charge in [0.2, 0.25) is 11.8 Å². The Labute approximate surface area is 107 Å². The van der Waals surface area contributed by atoms with Gasteiger partial charge >= 0.3 is 0 Å². The normalized spacial score (nSPS) is 26.6. The molecule has 0 spiro atoms. The first kappa shape index (κ1) is 12.7. The summed E-state index contributed by atoms with van der Waals surface area (Å²) < 4.78 is 0. The van der Waals surface area contributed by atoms with Crippen LogP contribution >= 0.6 is 12.6 Å². The van der Waals surface area contributed by atoms with Crippen LogP contribution in [-0.4, -0.2) is 35.6 Å². The molecule has 1 aliphatic carbocycles. The standard InChI is InChI=1S/C12H20N2O2S/c13-11(16)9-2-1-5-14(7-9)10(15)6-12(8-17)3-4-12/h9,17H,1-8H2,(H2,13,16). The summed E-state index contributed by atoms with van der Waals surface area (Å²) in [6.45, 7) is 1.28. The first-order valence-corrected chi connectivity index (χ1v) is 6.87. The topological polar surface area (TPSA) is 63.4 Å². The number of piperidine rings is 1. The predicted octanol–water partition coefficient (Wildman–Crippen LogP) is 0.810. The van der Waals surface area contributed by atoms with Crippen LogP contribution < -0.4 is 5.73 Å². The van der Waals surface area contributed by atoms with Gasteiger partial charge in [-0.2, -0.15) is 12.6 Å². The summed E-state index contributed by atoms with van der Waals surface area (Å²) in [6.07, 6.45) is 4.50. The van der Waals surface area contributed by atoms with Crippen LogP contribution in [0.15, 0.2) is 0 Å². The predicted molar refractivity (Wildman–Crippen MR) is 68.6 cm³/mol. The maximum Gasteiger partial charge on any atom is 0.223 e. The molecule has 2 N–H and O–H groups in total. The minimum Gasteiger partial charge on any atom is -0.369 e. The summed E-state index contributed by atoms with van der Waals surface area (Å²) in [4.78, 5) is 25.1. The minimum absolute atomic E-state index is 0.153. The summed E-state index contributed by atoms with van der Waals surface area (Å²) in [7, 11) is 0. The van der Waals surface area contributed by atoms with Crippen LogP contribution in [0, 0.1) is 11.3 Å². The zero-order chi connectivity index (χ0) is 12.5. The molecule has 5 heteroatoms. The molecule has 0 radical (unpaired) electrons. The van der Waals surface area contributed by atoms with Crippen molar-refractivity contribution >= 4 is 24.4 Å². The van der Waals surface area contributed by atoms with Crippen molar-refractivity contribution in [2.45, 2.75) is 32.1 Å². The van der Waals surface area contributed by atoms with Crippen LogP contribution in [0.3, 0.4) is 0 Å². The van der Waals surface area contributed by atoms with Crippen molar-refractivity contribution in [3.8, 4) is 0 Å². The van der Waals surface area contributed by atoms with Crippen molar-refractivity contribution in [1.29, 1.82) is 0 Å². The molecule has 0 aromatic carbocycles. The lowest BCUT2D eigenvalue weighted by molar-refractivity contribution is -0.135. The minimum atomic E-state index is -0.280. The number of hydrogen-bond donors (Lipinski definition) is 2. The first-order chi connectivity index (χ1) is 8.06. The maximum atomic E-state index is 12.1. The van der Waals surface area contributed by atoms with Gasteiger partial charge in [-0.1, -0.05) is 0 Å². The van der Waals surface area contributed by atoms with Crippen molar-refractivity contribution < 1.29 is 9.59 Å². The van der Waals surface area contributed by atoms with Crippen LogP contribution in [0.1, 0.15) is 32.1 Å². The molecule has 1 saturated carbocycles. The fraction of sp³-hybridized carbons (Fsp3) is 0.833. The molecule has 1 heterocycles. The highest BCUT2D eigenvalue weighted by atomic mass is 32.1. The number of primary amides is 1. The molecule has 0 aromatic rings. The van der Waals surface area contributed by atoms with Gasteiger partial charge in [0.15, 0.2) is 0 Å². The van der Waals surface area contributed by atoms with Crippen LogP contribution in [-0.2, 0) is 9.59 Å². The molecule has 4 nitrogen and oxygen atoms in total. The molecule has 1 atom stereocenters. The number of carbonyl (C=O) groups is 2. The van der Waals surface area contributed by atoms with Gasteiger partial charge < -0.3 is 10.6 Å². The number of likely N-dealkylation sites (tertiary alicyclic amines) is 1. The van der Waals surface area contributed by atoms with Gasteiger partial charge in [-0.05, 0) is 36.9 Å². The molecule has 2 amide bonds. The molecule has 0 bridgehead atoms. The van der Waals surface area contributed by atoms with E-state index in [0.29, 0.717) is 13.0 Å². The van der Waals surface area contributed by atoms with E-state index >= 15 is 0 Å². The second kappa shape index (κ2) is 4.88. The van der Waals surface area contributed by atoms with Crippen molar-refractivity contribution in [3.63, 3.8) is 0 Å². The highest BCUT2D eigenvalue weighted by Crippen LogP contribution is 2.49. The molecule has 2 aliphatic rings. The highest BCUT2D eigenvalue weighted by Gasteiger charge is 2.44. The van der Waals surface area contributed by atoms with E-state index < -0.39 is 0 Å². The fourth-order valence-corrected chi connectivity index (χ4v) is 2.86. The molecule has 2 fully saturated rings.